The van der Waals surface area contributed by atoms with Crippen molar-refractivity contribution in [2.24, 2.45) is 0 Å². The molecule has 142 valence electrons. The molecular weight excluding hydrogens is 362 g/mol. The first-order valence-corrected chi connectivity index (χ1v) is 10.2. The van der Waals surface area contributed by atoms with Crippen LogP contribution in [0.3, 0.4) is 0 Å². The van der Waals surface area contributed by atoms with Crippen molar-refractivity contribution >= 4 is 10.0 Å². The quantitative estimate of drug-likeness (QED) is 0.678. The predicted octanol–water partition coefficient (Wildman–Crippen LogP) is 3.02. The van der Waals surface area contributed by atoms with Crippen molar-refractivity contribution in [2.75, 3.05) is 13.7 Å². The number of benzene rings is 2. The first-order valence-electron chi connectivity index (χ1n) is 8.67. The number of methoxy groups -OCH3 is 1. The lowest BCUT2D eigenvalue weighted by molar-refractivity contribution is 0.409. The topological polar surface area (TPSA) is 73.2 Å². The van der Waals surface area contributed by atoms with Crippen LogP contribution in [-0.2, 0) is 16.4 Å². The van der Waals surface area contributed by atoms with Gasteiger partial charge in [-0.1, -0.05) is 36.4 Å². The third kappa shape index (κ3) is 4.04. The summed E-state index contributed by atoms with van der Waals surface area (Å²) in [5, 5.41) is 4.42. The van der Waals surface area contributed by atoms with Crippen LogP contribution in [0.15, 0.2) is 59.5 Å². The highest BCUT2D eigenvalue weighted by Gasteiger charge is 2.24. The largest absolute Gasteiger partial charge is 0.496 e. The van der Waals surface area contributed by atoms with E-state index in [2.05, 4.69) is 9.82 Å². The summed E-state index contributed by atoms with van der Waals surface area (Å²) in [6.45, 7) is 3.75. The molecule has 0 aliphatic rings. The molecule has 3 rings (SSSR count). The first-order chi connectivity index (χ1) is 12.9. The molecule has 27 heavy (non-hydrogen) atoms. The highest BCUT2D eigenvalue weighted by molar-refractivity contribution is 7.89. The van der Waals surface area contributed by atoms with Crippen molar-refractivity contribution < 1.29 is 13.2 Å². The number of hydrogen-bond donors (Lipinski definition) is 1. The summed E-state index contributed by atoms with van der Waals surface area (Å²) in [7, 11) is -2.07. The molecule has 0 saturated carbocycles. The summed E-state index contributed by atoms with van der Waals surface area (Å²) < 4.78 is 35.4. The summed E-state index contributed by atoms with van der Waals surface area (Å²) in [6, 6.07) is 17.1. The number of nitrogens with one attached hydrogen (secondary N) is 1. The van der Waals surface area contributed by atoms with Crippen LogP contribution in [0, 0.1) is 13.8 Å². The van der Waals surface area contributed by atoms with E-state index in [0.717, 1.165) is 17.0 Å². The van der Waals surface area contributed by atoms with E-state index in [1.807, 2.05) is 54.6 Å². The van der Waals surface area contributed by atoms with E-state index < -0.39 is 10.0 Å². The smallest absolute Gasteiger partial charge is 0.244 e. The van der Waals surface area contributed by atoms with Crippen molar-refractivity contribution in [1.82, 2.24) is 14.5 Å². The lowest BCUT2D eigenvalue weighted by atomic mass is 10.1. The van der Waals surface area contributed by atoms with E-state index in [9.17, 15) is 8.42 Å². The maximum atomic E-state index is 12.9. The van der Waals surface area contributed by atoms with Gasteiger partial charge >= 0.3 is 0 Å². The number of sulfonamides is 1. The van der Waals surface area contributed by atoms with E-state index in [1.165, 1.54) is 0 Å². The Kier molecular flexibility index (Phi) is 5.62. The van der Waals surface area contributed by atoms with Crippen LogP contribution in [0.1, 0.15) is 17.0 Å². The third-order valence-electron chi connectivity index (χ3n) is 4.37. The maximum absolute atomic E-state index is 12.9. The van der Waals surface area contributed by atoms with Gasteiger partial charge < -0.3 is 4.74 Å². The van der Waals surface area contributed by atoms with Gasteiger partial charge in [0, 0.05) is 6.54 Å². The van der Waals surface area contributed by atoms with Crippen molar-refractivity contribution in [3.63, 3.8) is 0 Å². The Labute approximate surface area is 159 Å². The molecule has 6 nitrogen and oxygen atoms in total. The molecule has 1 N–H and O–H groups in total. The zero-order valence-electron chi connectivity index (χ0n) is 15.6. The van der Waals surface area contributed by atoms with Gasteiger partial charge in [-0.25, -0.2) is 17.8 Å². The molecule has 0 saturated heterocycles. The van der Waals surface area contributed by atoms with Crippen LogP contribution >= 0.6 is 0 Å². The second kappa shape index (κ2) is 7.94. The third-order valence-corrected chi connectivity index (χ3v) is 6.09. The molecule has 0 spiro atoms. The zero-order chi connectivity index (χ0) is 19.4. The van der Waals surface area contributed by atoms with Gasteiger partial charge in [-0.05, 0) is 44.0 Å². The Balaban J connectivity index is 1.80. The summed E-state index contributed by atoms with van der Waals surface area (Å²) in [6.07, 6.45) is 0.536. The highest BCUT2D eigenvalue weighted by atomic mass is 32.2. The molecule has 0 unspecified atom stereocenters. The van der Waals surface area contributed by atoms with Crippen LogP contribution in [-0.4, -0.2) is 31.9 Å². The molecule has 0 aliphatic heterocycles. The lowest BCUT2D eigenvalue weighted by Crippen LogP contribution is -2.27. The molecule has 7 heteroatoms. The number of para-hydroxylation sites is 2. The molecular formula is C20H23N3O3S. The number of ether oxygens (including phenoxy) is 1. The van der Waals surface area contributed by atoms with Crippen LogP contribution in [0.2, 0.25) is 0 Å². The van der Waals surface area contributed by atoms with Gasteiger partial charge in [0.25, 0.3) is 0 Å². The standard InChI is InChI=1S/C20H23N3O3S/c1-15-20(16(2)23(22-15)18-10-5-4-6-11-18)27(24,25)21-14-13-17-9-7-8-12-19(17)26-3/h4-12,21H,13-14H2,1-3H3. The van der Waals surface area contributed by atoms with E-state index in [-0.39, 0.29) is 11.4 Å². The number of nitrogens with zero attached hydrogens (tertiary/aromatic N) is 2. The monoisotopic (exact) mass is 385 g/mol. The van der Waals surface area contributed by atoms with Gasteiger partial charge in [-0.2, -0.15) is 5.10 Å². The van der Waals surface area contributed by atoms with Crippen molar-refractivity contribution in [3.05, 3.63) is 71.5 Å². The molecule has 0 bridgehead atoms. The number of rotatable bonds is 7. The molecule has 0 fully saturated rings. The molecule has 1 aromatic heterocycles. The Hall–Kier alpha value is -2.64. The van der Waals surface area contributed by atoms with Crippen LogP contribution in [0.25, 0.3) is 5.69 Å². The van der Waals surface area contributed by atoms with Crippen LogP contribution < -0.4 is 9.46 Å². The lowest BCUT2D eigenvalue weighted by Gasteiger charge is -2.10. The van der Waals surface area contributed by atoms with E-state index >= 15 is 0 Å². The summed E-state index contributed by atoms with van der Waals surface area (Å²) in [4.78, 5) is 0.228. The fourth-order valence-corrected chi connectivity index (χ4v) is 4.56. The minimum Gasteiger partial charge on any atom is -0.496 e. The van der Waals surface area contributed by atoms with Crippen molar-refractivity contribution in [2.45, 2.75) is 25.2 Å². The van der Waals surface area contributed by atoms with Gasteiger partial charge in [0.1, 0.15) is 10.6 Å². The average Bonchev–Trinajstić information content (AvgIpc) is 2.97. The molecule has 0 atom stereocenters. The summed E-state index contributed by atoms with van der Waals surface area (Å²) >= 11 is 0. The molecule has 0 amide bonds. The van der Waals surface area contributed by atoms with Gasteiger partial charge in [0.15, 0.2) is 0 Å². The number of hydrogen-bond acceptors (Lipinski definition) is 4. The Morgan fingerprint density at radius 2 is 1.70 bits per heavy atom. The van der Waals surface area contributed by atoms with Gasteiger partial charge in [-0.3, -0.25) is 0 Å². The predicted molar refractivity (Wildman–Crippen MR) is 105 cm³/mol. The molecule has 0 aliphatic carbocycles. The number of aryl methyl sites for hydroxylation is 1. The molecule has 0 radical (unpaired) electrons. The molecule has 3 aromatic rings. The maximum Gasteiger partial charge on any atom is 0.244 e. The van der Waals surface area contributed by atoms with Crippen LogP contribution in [0.5, 0.6) is 5.75 Å². The van der Waals surface area contributed by atoms with Crippen molar-refractivity contribution in [3.8, 4) is 11.4 Å². The molecule has 1 heterocycles. The Morgan fingerprint density at radius 1 is 1.04 bits per heavy atom. The fourth-order valence-electron chi connectivity index (χ4n) is 3.14. The second-order valence-corrected chi connectivity index (χ2v) is 7.91. The second-order valence-electron chi connectivity index (χ2n) is 6.21. The Morgan fingerprint density at radius 3 is 2.41 bits per heavy atom. The van der Waals surface area contributed by atoms with Gasteiger partial charge in [0.05, 0.1) is 24.2 Å². The van der Waals surface area contributed by atoms with Crippen LogP contribution in [0.4, 0.5) is 0 Å². The SMILES string of the molecule is COc1ccccc1CCNS(=O)(=O)c1c(C)nn(-c2ccccc2)c1C. The minimum absolute atomic E-state index is 0.228. The van der Waals surface area contributed by atoms with E-state index in [4.69, 9.17) is 4.74 Å². The normalized spacial score (nSPS) is 11.5. The average molecular weight is 385 g/mol. The summed E-state index contributed by atoms with van der Waals surface area (Å²) in [5.74, 6) is 0.751. The number of aromatic nitrogens is 2. The Bertz CT molecular complexity index is 1030. The fraction of sp³-hybridized carbons (Fsp3) is 0.250. The van der Waals surface area contributed by atoms with E-state index in [0.29, 0.717) is 17.8 Å². The first kappa shape index (κ1) is 19.1. The van der Waals surface area contributed by atoms with Gasteiger partial charge in [0.2, 0.25) is 10.0 Å². The van der Waals surface area contributed by atoms with E-state index in [1.54, 1.807) is 25.6 Å². The van der Waals surface area contributed by atoms with Crippen molar-refractivity contribution in [1.29, 1.82) is 0 Å². The summed E-state index contributed by atoms with van der Waals surface area (Å²) in [5.41, 5.74) is 2.84. The molecule has 2 aromatic carbocycles. The minimum atomic E-state index is -3.67. The highest BCUT2D eigenvalue weighted by Crippen LogP contribution is 2.23. The zero-order valence-corrected chi connectivity index (χ0v) is 16.5. The van der Waals surface area contributed by atoms with Gasteiger partial charge in [-0.15, -0.1) is 0 Å².